The molecule has 2 heterocycles. The van der Waals surface area contributed by atoms with Crippen LogP contribution in [0.4, 0.5) is 0 Å². The van der Waals surface area contributed by atoms with Crippen molar-refractivity contribution in [1.82, 2.24) is 9.78 Å². The maximum absolute atomic E-state index is 12.1. The van der Waals surface area contributed by atoms with Crippen LogP contribution in [-0.4, -0.2) is 33.4 Å². The highest BCUT2D eigenvalue weighted by Crippen LogP contribution is 2.29. The molecule has 1 N–H and O–H groups in total. The van der Waals surface area contributed by atoms with E-state index in [1.54, 1.807) is 17.7 Å². The van der Waals surface area contributed by atoms with Crippen LogP contribution in [0.25, 0.3) is 11.0 Å². The topological polar surface area (TPSA) is 94.6 Å². The number of ether oxygens (including phenoxy) is 1. The normalized spacial score (nSPS) is 14.2. The first kappa shape index (κ1) is 19.4. The summed E-state index contributed by atoms with van der Waals surface area (Å²) in [6.07, 6.45) is 1.83. The van der Waals surface area contributed by atoms with Crippen LogP contribution < -0.4 is 10.4 Å². The highest BCUT2D eigenvalue weighted by molar-refractivity contribution is 5.96. The molecule has 0 saturated carbocycles. The van der Waals surface area contributed by atoms with Gasteiger partial charge in [0.25, 0.3) is 0 Å². The lowest BCUT2D eigenvalue weighted by Crippen LogP contribution is -2.25. The zero-order chi connectivity index (χ0) is 20.7. The molecule has 3 aromatic rings. The van der Waals surface area contributed by atoms with Crippen LogP contribution in [0.2, 0.25) is 0 Å². The third kappa shape index (κ3) is 3.58. The predicted octanol–water partition coefficient (Wildman–Crippen LogP) is 2.74. The predicted molar refractivity (Wildman–Crippen MR) is 108 cm³/mol. The van der Waals surface area contributed by atoms with Gasteiger partial charge in [0, 0.05) is 22.7 Å². The number of carbonyl (C=O) groups excluding carboxylic acids is 1. The van der Waals surface area contributed by atoms with Gasteiger partial charge in [0.1, 0.15) is 24.0 Å². The molecular weight excluding hydrogens is 372 g/mol. The van der Waals surface area contributed by atoms with Crippen molar-refractivity contribution >= 4 is 16.8 Å². The van der Waals surface area contributed by atoms with Gasteiger partial charge >= 0.3 is 5.63 Å². The highest BCUT2D eigenvalue weighted by atomic mass is 16.5. The number of Topliss-reactive ketones (excluding diaryl/α,β-unsaturated/α-hetero) is 1. The molecule has 0 radical (unpaired) electrons. The number of aliphatic hydroxyl groups excluding tert-OH is 1. The van der Waals surface area contributed by atoms with Gasteiger partial charge in [-0.1, -0.05) is 0 Å². The molecule has 152 valence electrons. The van der Waals surface area contributed by atoms with E-state index in [-0.39, 0.29) is 24.6 Å². The number of benzene rings is 1. The van der Waals surface area contributed by atoms with Gasteiger partial charge in [-0.05, 0) is 57.7 Å². The number of aryl methyl sites for hydroxylation is 2. The van der Waals surface area contributed by atoms with Crippen LogP contribution in [0.3, 0.4) is 0 Å². The number of aliphatic hydroxyl groups is 1. The summed E-state index contributed by atoms with van der Waals surface area (Å²) in [7, 11) is 0. The third-order valence-electron chi connectivity index (χ3n) is 5.50. The molecule has 1 aromatic carbocycles. The third-order valence-corrected chi connectivity index (χ3v) is 5.50. The van der Waals surface area contributed by atoms with Gasteiger partial charge in [-0.25, -0.2) is 4.79 Å². The lowest BCUT2D eigenvalue weighted by molar-refractivity contribution is 0.0885. The Morgan fingerprint density at radius 1 is 1.31 bits per heavy atom. The molecule has 1 aliphatic rings. The van der Waals surface area contributed by atoms with Crippen molar-refractivity contribution in [3.63, 3.8) is 0 Å². The smallest absolute Gasteiger partial charge is 0.339 e. The number of hydrogen-bond donors (Lipinski definition) is 1. The summed E-state index contributed by atoms with van der Waals surface area (Å²) in [4.78, 5) is 23.9. The second kappa shape index (κ2) is 7.48. The van der Waals surface area contributed by atoms with Gasteiger partial charge < -0.3 is 14.3 Å². The summed E-state index contributed by atoms with van der Waals surface area (Å²) in [5, 5.41) is 15.7. The summed E-state index contributed by atoms with van der Waals surface area (Å²) >= 11 is 0. The molecule has 29 heavy (non-hydrogen) atoms. The van der Waals surface area contributed by atoms with E-state index < -0.39 is 6.10 Å². The van der Waals surface area contributed by atoms with Crippen molar-refractivity contribution in [2.24, 2.45) is 0 Å². The first-order valence-corrected chi connectivity index (χ1v) is 9.79. The van der Waals surface area contributed by atoms with Crippen molar-refractivity contribution in [2.75, 3.05) is 6.61 Å². The van der Waals surface area contributed by atoms with Gasteiger partial charge in [0.15, 0.2) is 5.78 Å². The molecule has 0 aliphatic heterocycles. The lowest BCUT2D eigenvalue weighted by atomic mass is 10.1. The number of hydrogen-bond acceptors (Lipinski definition) is 6. The zero-order valence-corrected chi connectivity index (χ0v) is 16.8. The van der Waals surface area contributed by atoms with Gasteiger partial charge in [-0.3, -0.25) is 9.48 Å². The summed E-state index contributed by atoms with van der Waals surface area (Å²) in [5.41, 5.74) is 4.08. The van der Waals surface area contributed by atoms with Crippen LogP contribution in [0.5, 0.6) is 5.75 Å². The van der Waals surface area contributed by atoms with E-state index >= 15 is 0 Å². The minimum absolute atomic E-state index is 0.0406. The number of nitrogens with zero attached hydrogens (tertiary/aromatic N) is 2. The van der Waals surface area contributed by atoms with Crippen LogP contribution in [0.1, 0.15) is 46.2 Å². The van der Waals surface area contributed by atoms with Gasteiger partial charge in [-0.2, -0.15) is 5.10 Å². The SMILES string of the molecule is CC(=O)c1c(C)nn(CC(O)COc2ccc3c4c(c(=O)oc3c2)CCC4)c1C. The van der Waals surface area contributed by atoms with E-state index in [0.717, 1.165) is 41.5 Å². The van der Waals surface area contributed by atoms with Crippen molar-refractivity contribution in [3.05, 3.63) is 56.7 Å². The zero-order valence-electron chi connectivity index (χ0n) is 16.8. The van der Waals surface area contributed by atoms with E-state index in [2.05, 4.69) is 5.10 Å². The molecule has 0 amide bonds. The molecule has 7 nitrogen and oxygen atoms in total. The maximum atomic E-state index is 12.1. The standard InChI is InChI=1S/C22H24N2O5/c1-12-21(14(3)25)13(2)24(23-12)10-15(26)11-28-16-7-8-18-17-5-4-6-19(17)22(27)29-20(18)9-16/h7-9,15,26H,4-6,10-11H2,1-3H3. The first-order chi connectivity index (χ1) is 13.8. The molecule has 4 rings (SSSR count). The van der Waals surface area contributed by atoms with Crippen molar-refractivity contribution in [1.29, 1.82) is 0 Å². The van der Waals surface area contributed by atoms with Crippen LogP contribution in [0.15, 0.2) is 27.4 Å². The fourth-order valence-corrected chi connectivity index (χ4v) is 4.18. The Morgan fingerprint density at radius 3 is 2.79 bits per heavy atom. The monoisotopic (exact) mass is 396 g/mol. The second-order valence-corrected chi connectivity index (χ2v) is 7.61. The largest absolute Gasteiger partial charge is 0.491 e. The van der Waals surface area contributed by atoms with E-state index in [9.17, 15) is 14.7 Å². The Labute approximate surface area is 167 Å². The Morgan fingerprint density at radius 2 is 2.07 bits per heavy atom. The molecule has 1 atom stereocenters. The Balaban J connectivity index is 1.47. The van der Waals surface area contributed by atoms with E-state index in [1.807, 2.05) is 19.1 Å². The number of rotatable bonds is 6. The Bertz CT molecular complexity index is 1160. The molecule has 0 bridgehead atoms. The molecular formula is C22H24N2O5. The van der Waals surface area contributed by atoms with Gasteiger partial charge in [0.2, 0.25) is 0 Å². The minimum atomic E-state index is -0.810. The molecule has 2 aromatic heterocycles. The second-order valence-electron chi connectivity index (χ2n) is 7.61. The van der Waals surface area contributed by atoms with Crippen molar-refractivity contribution in [3.8, 4) is 5.75 Å². The van der Waals surface area contributed by atoms with Crippen molar-refractivity contribution < 1.29 is 19.1 Å². The number of ketones is 1. The van der Waals surface area contributed by atoms with Crippen molar-refractivity contribution in [2.45, 2.75) is 52.7 Å². The van der Waals surface area contributed by atoms with Gasteiger partial charge in [0.05, 0.1) is 17.8 Å². The van der Waals surface area contributed by atoms with E-state index in [1.165, 1.54) is 6.92 Å². The molecule has 0 saturated heterocycles. The molecule has 1 aliphatic carbocycles. The number of aromatic nitrogens is 2. The van der Waals surface area contributed by atoms with Crippen LogP contribution >= 0.6 is 0 Å². The first-order valence-electron chi connectivity index (χ1n) is 9.79. The molecule has 7 heteroatoms. The molecule has 0 spiro atoms. The van der Waals surface area contributed by atoms with Crippen LogP contribution in [-0.2, 0) is 19.4 Å². The fourth-order valence-electron chi connectivity index (χ4n) is 4.18. The number of carbonyl (C=O) groups is 1. The highest BCUT2D eigenvalue weighted by Gasteiger charge is 2.20. The molecule has 0 fully saturated rings. The Kier molecular flexibility index (Phi) is 5.00. The fraction of sp³-hybridized carbons (Fsp3) is 0.409. The Hall–Kier alpha value is -2.93. The average molecular weight is 396 g/mol. The summed E-state index contributed by atoms with van der Waals surface area (Å²) in [5.74, 6) is 0.483. The quantitative estimate of drug-likeness (QED) is 0.509. The lowest BCUT2D eigenvalue weighted by Gasteiger charge is -2.14. The molecule has 1 unspecified atom stereocenters. The summed E-state index contributed by atoms with van der Waals surface area (Å²) in [6, 6.07) is 5.42. The summed E-state index contributed by atoms with van der Waals surface area (Å²) < 4.78 is 12.8. The van der Waals surface area contributed by atoms with Crippen LogP contribution in [0, 0.1) is 13.8 Å². The number of fused-ring (bicyclic) bond motifs is 3. The van der Waals surface area contributed by atoms with E-state index in [0.29, 0.717) is 22.6 Å². The minimum Gasteiger partial charge on any atom is -0.491 e. The average Bonchev–Trinajstić information content (AvgIpc) is 3.25. The summed E-state index contributed by atoms with van der Waals surface area (Å²) in [6.45, 7) is 5.37. The van der Waals surface area contributed by atoms with E-state index in [4.69, 9.17) is 9.15 Å². The maximum Gasteiger partial charge on any atom is 0.339 e. The van der Waals surface area contributed by atoms with Gasteiger partial charge in [-0.15, -0.1) is 0 Å².